The zero-order chi connectivity index (χ0) is 11.1. The van der Waals surface area contributed by atoms with E-state index in [9.17, 15) is 9.18 Å². The summed E-state index contributed by atoms with van der Waals surface area (Å²) in [5, 5.41) is 0. The lowest BCUT2D eigenvalue weighted by atomic mass is 9.79. The molecule has 1 aliphatic rings. The smallest absolute Gasteiger partial charge is 0.133 e. The Kier molecular flexibility index (Phi) is 2.37. The average Bonchev–Trinajstić information content (AvgIpc) is 2.52. The van der Waals surface area contributed by atoms with Crippen LogP contribution < -0.4 is 0 Å². The second kappa shape index (κ2) is 3.44. The standard InChI is InChI=1S/C13H15FO/c1-9-3-4-10(14)7-12(9)13(2)6-5-11(15)8-13/h3-4,7H,5-6,8H2,1-2H3. The van der Waals surface area contributed by atoms with Crippen molar-refractivity contribution >= 4 is 5.78 Å². The van der Waals surface area contributed by atoms with E-state index in [1.165, 1.54) is 6.07 Å². The highest BCUT2D eigenvalue weighted by atomic mass is 19.1. The molecular formula is C13H15FO. The molecule has 1 atom stereocenters. The largest absolute Gasteiger partial charge is 0.300 e. The molecule has 0 aliphatic heterocycles. The lowest BCUT2D eigenvalue weighted by molar-refractivity contribution is -0.117. The van der Waals surface area contributed by atoms with Crippen LogP contribution in [0, 0.1) is 12.7 Å². The third-order valence-corrected chi connectivity index (χ3v) is 3.39. The number of carbonyl (C=O) groups is 1. The van der Waals surface area contributed by atoms with E-state index in [0.29, 0.717) is 18.6 Å². The maximum absolute atomic E-state index is 13.2. The summed E-state index contributed by atoms with van der Waals surface area (Å²) in [7, 11) is 0. The van der Waals surface area contributed by atoms with Crippen molar-refractivity contribution in [2.45, 2.75) is 38.5 Å². The number of Topliss-reactive ketones (excluding diaryl/α,β-unsaturated/α-hetero) is 1. The lowest BCUT2D eigenvalue weighted by Gasteiger charge is -2.25. The fraction of sp³-hybridized carbons (Fsp3) is 0.462. The van der Waals surface area contributed by atoms with Gasteiger partial charge in [-0.25, -0.2) is 4.39 Å². The number of halogens is 1. The predicted octanol–water partition coefficient (Wildman–Crippen LogP) is 3.14. The summed E-state index contributed by atoms with van der Waals surface area (Å²) in [5.41, 5.74) is 1.92. The van der Waals surface area contributed by atoms with Crippen molar-refractivity contribution < 1.29 is 9.18 Å². The molecule has 1 fully saturated rings. The zero-order valence-electron chi connectivity index (χ0n) is 9.14. The van der Waals surface area contributed by atoms with Crippen LogP contribution in [0.4, 0.5) is 4.39 Å². The van der Waals surface area contributed by atoms with Crippen molar-refractivity contribution in [3.8, 4) is 0 Å². The summed E-state index contributed by atoms with van der Waals surface area (Å²) < 4.78 is 13.2. The van der Waals surface area contributed by atoms with Crippen molar-refractivity contribution in [3.05, 3.63) is 35.1 Å². The predicted molar refractivity (Wildman–Crippen MR) is 57.3 cm³/mol. The number of benzene rings is 1. The summed E-state index contributed by atoms with van der Waals surface area (Å²) in [6.07, 6.45) is 2.03. The Morgan fingerprint density at radius 3 is 2.73 bits per heavy atom. The summed E-state index contributed by atoms with van der Waals surface area (Å²) >= 11 is 0. The van der Waals surface area contributed by atoms with Crippen molar-refractivity contribution in [2.75, 3.05) is 0 Å². The molecule has 1 unspecified atom stereocenters. The van der Waals surface area contributed by atoms with Crippen molar-refractivity contribution in [3.63, 3.8) is 0 Å². The van der Waals surface area contributed by atoms with Gasteiger partial charge in [-0.05, 0) is 36.6 Å². The van der Waals surface area contributed by atoms with Gasteiger partial charge in [0.2, 0.25) is 0 Å². The minimum atomic E-state index is -0.212. The van der Waals surface area contributed by atoms with E-state index in [4.69, 9.17) is 0 Å². The van der Waals surface area contributed by atoms with E-state index in [2.05, 4.69) is 6.92 Å². The molecule has 1 aliphatic carbocycles. The van der Waals surface area contributed by atoms with E-state index >= 15 is 0 Å². The molecule has 15 heavy (non-hydrogen) atoms. The molecule has 0 aromatic heterocycles. The molecule has 2 rings (SSSR count). The fourth-order valence-corrected chi connectivity index (χ4v) is 2.50. The van der Waals surface area contributed by atoms with Gasteiger partial charge in [-0.2, -0.15) is 0 Å². The summed E-state index contributed by atoms with van der Waals surface area (Å²) in [5.74, 6) is 0.0809. The molecule has 1 aromatic carbocycles. The highest BCUT2D eigenvalue weighted by Gasteiger charge is 2.36. The van der Waals surface area contributed by atoms with Crippen molar-refractivity contribution in [2.24, 2.45) is 0 Å². The Labute approximate surface area is 89.3 Å². The fourth-order valence-electron chi connectivity index (χ4n) is 2.50. The second-order valence-electron chi connectivity index (χ2n) is 4.74. The first-order valence-corrected chi connectivity index (χ1v) is 5.30. The van der Waals surface area contributed by atoms with Crippen LogP contribution in [0.3, 0.4) is 0 Å². The van der Waals surface area contributed by atoms with Gasteiger partial charge in [0, 0.05) is 18.3 Å². The first-order valence-electron chi connectivity index (χ1n) is 5.30. The minimum Gasteiger partial charge on any atom is -0.300 e. The maximum atomic E-state index is 13.2. The molecule has 0 spiro atoms. The van der Waals surface area contributed by atoms with Gasteiger partial charge < -0.3 is 0 Å². The zero-order valence-corrected chi connectivity index (χ0v) is 9.14. The Hall–Kier alpha value is -1.18. The quantitative estimate of drug-likeness (QED) is 0.689. The van der Waals surface area contributed by atoms with E-state index < -0.39 is 0 Å². The van der Waals surface area contributed by atoms with Crippen LogP contribution in [-0.2, 0) is 10.2 Å². The molecule has 0 N–H and O–H groups in total. The summed E-state index contributed by atoms with van der Waals surface area (Å²) in [6, 6.07) is 4.84. The van der Waals surface area contributed by atoms with E-state index in [-0.39, 0.29) is 11.2 Å². The van der Waals surface area contributed by atoms with Crippen molar-refractivity contribution in [1.82, 2.24) is 0 Å². The third kappa shape index (κ3) is 1.81. The molecule has 0 saturated heterocycles. The monoisotopic (exact) mass is 206 g/mol. The lowest BCUT2D eigenvalue weighted by Crippen LogP contribution is -2.19. The second-order valence-corrected chi connectivity index (χ2v) is 4.74. The van der Waals surface area contributed by atoms with Crippen LogP contribution in [0.25, 0.3) is 0 Å². The molecule has 80 valence electrons. The van der Waals surface area contributed by atoms with Gasteiger partial charge in [-0.3, -0.25) is 4.79 Å². The number of hydrogen-bond donors (Lipinski definition) is 0. The Bertz CT molecular complexity index is 411. The molecule has 1 aromatic rings. The highest BCUT2D eigenvalue weighted by molar-refractivity contribution is 5.82. The third-order valence-electron chi connectivity index (χ3n) is 3.39. The topological polar surface area (TPSA) is 17.1 Å². The number of carbonyl (C=O) groups excluding carboxylic acids is 1. The molecule has 0 heterocycles. The first kappa shape index (κ1) is 10.3. The molecule has 0 radical (unpaired) electrons. The summed E-state index contributed by atoms with van der Waals surface area (Å²) in [6.45, 7) is 4.03. The van der Waals surface area contributed by atoms with Gasteiger partial charge in [0.25, 0.3) is 0 Å². The van der Waals surface area contributed by atoms with Gasteiger partial charge in [-0.15, -0.1) is 0 Å². The summed E-state index contributed by atoms with van der Waals surface area (Å²) in [4.78, 5) is 11.3. The Morgan fingerprint density at radius 2 is 2.13 bits per heavy atom. The number of rotatable bonds is 1. The van der Waals surface area contributed by atoms with E-state index in [0.717, 1.165) is 17.5 Å². The van der Waals surface area contributed by atoms with Crippen LogP contribution in [-0.4, -0.2) is 5.78 Å². The minimum absolute atomic E-state index is 0.150. The first-order chi connectivity index (χ1) is 7.01. The van der Waals surface area contributed by atoms with E-state index in [1.54, 1.807) is 12.1 Å². The molecule has 0 amide bonds. The number of ketones is 1. The van der Waals surface area contributed by atoms with Gasteiger partial charge in [-0.1, -0.05) is 13.0 Å². The average molecular weight is 206 g/mol. The van der Waals surface area contributed by atoms with Crippen LogP contribution in [0.1, 0.15) is 37.3 Å². The molecule has 1 nitrogen and oxygen atoms in total. The van der Waals surface area contributed by atoms with Crippen LogP contribution in [0.5, 0.6) is 0 Å². The van der Waals surface area contributed by atoms with Crippen LogP contribution >= 0.6 is 0 Å². The van der Waals surface area contributed by atoms with E-state index in [1.807, 2.05) is 6.92 Å². The Morgan fingerprint density at radius 1 is 1.40 bits per heavy atom. The van der Waals surface area contributed by atoms with Gasteiger partial charge in [0.1, 0.15) is 11.6 Å². The molecule has 0 bridgehead atoms. The molecule has 1 saturated carbocycles. The number of aryl methyl sites for hydroxylation is 1. The van der Waals surface area contributed by atoms with Gasteiger partial charge >= 0.3 is 0 Å². The highest BCUT2D eigenvalue weighted by Crippen LogP contribution is 2.40. The van der Waals surface area contributed by atoms with Crippen LogP contribution in [0.2, 0.25) is 0 Å². The molecular weight excluding hydrogens is 191 g/mol. The Balaban J connectivity index is 2.44. The van der Waals surface area contributed by atoms with Crippen LogP contribution in [0.15, 0.2) is 18.2 Å². The van der Waals surface area contributed by atoms with Gasteiger partial charge in [0.05, 0.1) is 0 Å². The maximum Gasteiger partial charge on any atom is 0.133 e. The normalized spacial score (nSPS) is 25.9. The van der Waals surface area contributed by atoms with Gasteiger partial charge in [0.15, 0.2) is 0 Å². The number of hydrogen-bond acceptors (Lipinski definition) is 1. The van der Waals surface area contributed by atoms with Crippen molar-refractivity contribution in [1.29, 1.82) is 0 Å². The SMILES string of the molecule is Cc1ccc(F)cc1C1(C)CCC(=O)C1. The molecule has 2 heteroatoms.